The Labute approximate surface area is 157 Å². The van der Waals surface area contributed by atoms with Crippen molar-refractivity contribution in [2.75, 3.05) is 31.8 Å². The van der Waals surface area contributed by atoms with Gasteiger partial charge in [-0.25, -0.2) is 18.4 Å². The van der Waals surface area contributed by atoms with Gasteiger partial charge in [-0.05, 0) is 24.8 Å². The first-order valence-corrected chi connectivity index (χ1v) is 11.3. The van der Waals surface area contributed by atoms with Gasteiger partial charge in [0.1, 0.15) is 16.5 Å². The molecule has 0 spiro atoms. The van der Waals surface area contributed by atoms with Gasteiger partial charge in [-0.3, -0.25) is 4.79 Å². The van der Waals surface area contributed by atoms with E-state index in [2.05, 4.69) is 9.88 Å². The normalized spacial score (nSPS) is 18.6. The summed E-state index contributed by atoms with van der Waals surface area (Å²) in [5, 5.41) is 0.982. The summed E-state index contributed by atoms with van der Waals surface area (Å²) in [5.41, 5.74) is 1.08. The summed E-state index contributed by atoms with van der Waals surface area (Å²) in [6, 6.07) is 0.466. The van der Waals surface area contributed by atoms with Crippen molar-refractivity contribution in [3.8, 4) is 0 Å². The van der Waals surface area contributed by atoms with Gasteiger partial charge < -0.3 is 9.80 Å². The maximum absolute atomic E-state index is 12.1. The number of likely N-dealkylation sites (N-methyl/N-ethyl adjacent to an activating group) is 1. The van der Waals surface area contributed by atoms with E-state index >= 15 is 0 Å². The minimum atomic E-state index is -3.03. The Kier molecular flexibility index (Phi) is 4.18. The molecule has 7 nitrogen and oxygen atoms in total. The number of sulfone groups is 1. The fraction of sp³-hybridized carbons (Fsp3) is 0.588. The van der Waals surface area contributed by atoms with Crippen molar-refractivity contribution in [1.82, 2.24) is 14.9 Å². The summed E-state index contributed by atoms with van der Waals surface area (Å²) in [6.45, 7) is 0. The summed E-state index contributed by atoms with van der Waals surface area (Å²) in [7, 11) is 2.43. The second kappa shape index (κ2) is 6.16. The van der Waals surface area contributed by atoms with Gasteiger partial charge in [-0.15, -0.1) is 11.3 Å². The molecule has 0 saturated heterocycles. The van der Waals surface area contributed by atoms with Crippen LogP contribution in [0.2, 0.25) is 0 Å². The van der Waals surface area contributed by atoms with Gasteiger partial charge in [0.25, 0.3) is 0 Å². The summed E-state index contributed by atoms with van der Waals surface area (Å²) in [4.78, 5) is 26.8. The molecule has 0 atom stereocenters. The SMILES string of the molecule is CN(C)C(=O)Cc1nc(N(C)C2CC2)c2c3c(sc2n1)CS(=O)(=O)CC3. The van der Waals surface area contributed by atoms with Crippen LogP contribution in [0.5, 0.6) is 0 Å². The van der Waals surface area contributed by atoms with Gasteiger partial charge >= 0.3 is 0 Å². The maximum Gasteiger partial charge on any atom is 0.229 e. The Morgan fingerprint density at radius 3 is 2.62 bits per heavy atom. The topological polar surface area (TPSA) is 83.5 Å². The number of anilines is 1. The highest BCUT2D eigenvalue weighted by molar-refractivity contribution is 7.90. The number of hydrogen-bond acceptors (Lipinski definition) is 7. The Morgan fingerprint density at radius 2 is 1.96 bits per heavy atom. The number of aromatic nitrogens is 2. The first-order valence-electron chi connectivity index (χ1n) is 8.70. The van der Waals surface area contributed by atoms with E-state index < -0.39 is 9.84 Å². The zero-order valence-corrected chi connectivity index (χ0v) is 16.8. The van der Waals surface area contributed by atoms with Crippen molar-refractivity contribution in [3.05, 3.63) is 16.3 Å². The van der Waals surface area contributed by atoms with E-state index in [1.54, 1.807) is 14.1 Å². The third-order valence-corrected chi connectivity index (χ3v) is 7.88. The monoisotopic (exact) mass is 394 g/mol. The Balaban J connectivity index is 1.86. The van der Waals surface area contributed by atoms with Crippen molar-refractivity contribution >= 4 is 43.1 Å². The predicted octanol–water partition coefficient (Wildman–Crippen LogP) is 1.39. The molecule has 140 valence electrons. The minimum Gasteiger partial charge on any atom is -0.356 e. The van der Waals surface area contributed by atoms with Crippen LogP contribution in [0.15, 0.2) is 0 Å². The number of carbonyl (C=O) groups excluding carboxylic acids is 1. The number of thiophene rings is 1. The average molecular weight is 395 g/mol. The van der Waals surface area contributed by atoms with Crippen molar-refractivity contribution in [1.29, 1.82) is 0 Å². The average Bonchev–Trinajstić information content (AvgIpc) is 3.34. The molecule has 3 heterocycles. The lowest BCUT2D eigenvalue weighted by molar-refractivity contribution is -0.128. The third kappa shape index (κ3) is 3.18. The van der Waals surface area contributed by atoms with E-state index in [1.807, 2.05) is 7.05 Å². The molecule has 1 saturated carbocycles. The van der Waals surface area contributed by atoms with E-state index in [9.17, 15) is 13.2 Å². The van der Waals surface area contributed by atoms with Crippen LogP contribution in [-0.4, -0.2) is 62.1 Å². The molecule has 9 heteroatoms. The molecule has 0 aromatic carbocycles. The number of amides is 1. The summed E-state index contributed by atoms with van der Waals surface area (Å²) in [6.07, 6.45) is 2.93. The van der Waals surface area contributed by atoms with Gasteiger partial charge in [0.15, 0.2) is 9.84 Å². The van der Waals surface area contributed by atoms with Crippen molar-refractivity contribution in [3.63, 3.8) is 0 Å². The second-order valence-corrected chi connectivity index (χ2v) is 10.6. The van der Waals surface area contributed by atoms with Crippen molar-refractivity contribution in [2.24, 2.45) is 0 Å². The van der Waals surface area contributed by atoms with Gasteiger partial charge in [0.05, 0.1) is 23.3 Å². The number of fused-ring (bicyclic) bond motifs is 3. The lowest BCUT2D eigenvalue weighted by atomic mass is 10.1. The number of nitrogens with zero attached hydrogens (tertiary/aromatic N) is 4. The molecular formula is C17H22N4O3S2. The van der Waals surface area contributed by atoms with Crippen molar-refractivity contribution in [2.45, 2.75) is 37.5 Å². The fourth-order valence-corrected chi connectivity index (χ4v) is 6.34. The molecule has 26 heavy (non-hydrogen) atoms. The van der Waals surface area contributed by atoms with Crippen LogP contribution >= 0.6 is 11.3 Å². The van der Waals surface area contributed by atoms with Crippen LogP contribution in [0.3, 0.4) is 0 Å². The van der Waals surface area contributed by atoms with Gasteiger partial charge in [-0.2, -0.15) is 0 Å². The lowest BCUT2D eigenvalue weighted by Gasteiger charge is -2.21. The Hall–Kier alpha value is -1.74. The highest BCUT2D eigenvalue weighted by Gasteiger charge is 2.33. The van der Waals surface area contributed by atoms with Crippen LogP contribution in [0.25, 0.3) is 10.2 Å². The van der Waals surface area contributed by atoms with E-state index in [4.69, 9.17) is 4.98 Å². The molecule has 2 aromatic heterocycles. The summed E-state index contributed by atoms with van der Waals surface area (Å²) < 4.78 is 24.0. The first-order chi connectivity index (χ1) is 12.2. The van der Waals surface area contributed by atoms with Gasteiger partial charge in [-0.1, -0.05) is 0 Å². The Morgan fingerprint density at radius 1 is 1.23 bits per heavy atom. The predicted molar refractivity (Wildman–Crippen MR) is 102 cm³/mol. The standard InChI is InChI=1S/C17H22N4O3S2/c1-20(2)14(22)8-13-18-16(21(3)10-4-5-10)15-11-6-7-26(23,24)9-12(11)25-17(15)19-13/h10H,4-9H2,1-3H3. The third-order valence-electron chi connectivity index (χ3n) is 5.01. The van der Waals surface area contributed by atoms with Gasteiger partial charge in [0.2, 0.25) is 5.91 Å². The number of hydrogen-bond donors (Lipinski definition) is 0. The fourth-order valence-electron chi connectivity index (χ4n) is 3.30. The molecule has 0 unspecified atom stereocenters. The van der Waals surface area contributed by atoms with E-state index in [0.29, 0.717) is 18.3 Å². The summed E-state index contributed by atoms with van der Waals surface area (Å²) >= 11 is 1.43. The number of aryl methyl sites for hydroxylation is 1. The Bertz CT molecular complexity index is 993. The smallest absolute Gasteiger partial charge is 0.229 e. The zero-order chi connectivity index (χ0) is 18.6. The van der Waals surface area contributed by atoms with E-state index in [0.717, 1.165) is 39.3 Å². The second-order valence-electron chi connectivity index (χ2n) is 7.30. The molecule has 1 aliphatic carbocycles. The molecule has 0 radical (unpaired) electrons. The molecule has 1 aliphatic heterocycles. The maximum atomic E-state index is 12.1. The van der Waals surface area contributed by atoms with Gasteiger partial charge in [0, 0.05) is 32.1 Å². The zero-order valence-electron chi connectivity index (χ0n) is 15.2. The molecule has 2 aromatic rings. The molecule has 0 bridgehead atoms. The molecule has 4 rings (SSSR count). The van der Waals surface area contributed by atoms with E-state index in [1.165, 1.54) is 16.2 Å². The number of carbonyl (C=O) groups is 1. The van der Waals surface area contributed by atoms with Crippen LogP contribution in [0, 0.1) is 0 Å². The molecule has 2 aliphatic rings. The summed E-state index contributed by atoms with van der Waals surface area (Å²) in [5.74, 6) is 1.56. The van der Waals surface area contributed by atoms with Crippen LogP contribution < -0.4 is 4.90 Å². The largest absolute Gasteiger partial charge is 0.356 e. The number of rotatable bonds is 4. The molecular weight excluding hydrogens is 372 g/mol. The molecule has 1 fully saturated rings. The highest BCUT2D eigenvalue weighted by Crippen LogP contribution is 2.41. The van der Waals surface area contributed by atoms with Crippen LogP contribution in [-0.2, 0) is 33.2 Å². The van der Waals surface area contributed by atoms with E-state index in [-0.39, 0.29) is 23.8 Å². The van der Waals surface area contributed by atoms with Crippen LogP contribution in [0.4, 0.5) is 5.82 Å². The minimum absolute atomic E-state index is 0.0479. The highest BCUT2D eigenvalue weighted by atomic mass is 32.2. The van der Waals surface area contributed by atoms with Crippen molar-refractivity contribution < 1.29 is 13.2 Å². The lowest BCUT2D eigenvalue weighted by Crippen LogP contribution is -2.26. The molecule has 1 amide bonds. The first kappa shape index (κ1) is 17.7. The van der Waals surface area contributed by atoms with Crippen LogP contribution in [0.1, 0.15) is 29.1 Å². The molecule has 0 N–H and O–H groups in total. The quantitative estimate of drug-likeness (QED) is 0.779.